The Balaban J connectivity index is 2.88. The van der Waals surface area contributed by atoms with Gasteiger partial charge in [0, 0.05) is 16.3 Å². The lowest BCUT2D eigenvalue weighted by atomic mass is 9.97. The van der Waals surface area contributed by atoms with Gasteiger partial charge in [0.05, 0.1) is 4.90 Å². The summed E-state index contributed by atoms with van der Waals surface area (Å²) in [7, 11) is -20.5. The van der Waals surface area contributed by atoms with E-state index in [1.807, 2.05) is 0 Å². The molecule has 0 radical (unpaired) electrons. The Labute approximate surface area is 194 Å². The molecule has 0 bridgehead atoms. The van der Waals surface area contributed by atoms with E-state index < -0.39 is 70.8 Å². The molecular weight excluding hydrogens is 536 g/mol. The summed E-state index contributed by atoms with van der Waals surface area (Å²) in [5, 5.41) is -1.57. The minimum Gasteiger partial charge on any atom is -0.282 e. The molecule has 184 valence electrons. The van der Waals surface area contributed by atoms with Gasteiger partial charge in [0.15, 0.2) is 0 Å². The largest absolute Gasteiger partial charge is 0.295 e. The lowest BCUT2D eigenvalue weighted by molar-refractivity contribution is 0.477. The monoisotopic (exact) mass is 552 g/mol. The molecule has 0 heterocycles. The van der Waals surface area contributed by atoms with Crippen LogP contribution >= 0.6 is 0 Å². The van der Waals surface area contributed by atoms with Crippen LogP contribution in [0.1, 0.15) is 18.9 Å². The van der Waals surface area contributed by atoms with Crippen LogP contribution in [0.3, 0.4) is 0 Å². The van der Waals surface area contributed by atoms with Crippen LogP contribution in [-0.2, 0) is 40.5 Å². The van der Waals surface area contributed by atoms with Crippen LogP contribution < -0.4 is 0 Å². The predicted octanol–water partition coefficient (Wildman–Crippen LogP) is 2.40. The Morgan fingerprint density at radius 3 is 1.62 bits per heavy atom. The van der Waals surface area contributed by atoms with Crippen molar-refractivity contribution >= 4 is 68.1 Å². The molecule has 0 aliphatic rings. The smallest absolute Gasteiger partial charge is 0.282 e. The van der Waals surface area contributed by atoms with Gasteiger partial charge in [0.2, 0.25) is 0 Å². The van der Waals surface area contributed by atoms with Crippen LogP contribution in [0.2, 0.25) is 0 Å². The van der Waals surface area contributed by atoms with Crippen molar-refractivity contribution in [2.75, 3.05) is 0 Å². The van der Waals surface area contributed by atoms with Gasteiger partial charge in [-0.15, -0.1) is 0 Å². The first-order valence-electron chi connectivity index (χ1n) is 9.01. The zero-order chi connectivity index (χ0) is 25.9. The molecule has 3 aromatic rings. The fourth-order valence-corrected chi connectivity index (χ4v) is 6.30. The first-order valence-corrected chi connectivity index (χ1v) is 14.8. The average Bonchev–Trinajstić information content (AvgIpc) is 2.67. The fourth-order valence-electron chi connectivity index (χ4n) is 3.46. The Kier molecular flexibility index (Phi) is 6.42. The minimum atomic E-state index is -5.15. The first kappa shape index (κ1) is 26.2. The van der Waals surface area contributed by atoms with Crippen molar-refractivity contribution < 1.29 is 51.9 Å². The number of hydrogen-bond acceptors (Lipinski definition) is 8. The number of rotatable bonds is 6. The lowest BCUT2D eigenvalue weighted by Crippen LogP contribution is -2.08. The molecule has 12 nitrogen and oxygen atoms in total. The van der Waals surface area contributed by atoms with E-state index in [0.29, 0.717) is 18.6 Å². The number of allylic oxidation sites excluding steroid dienone is 1. The maximum Gasteiger partial charge on any atom is 0.295 e. The van der Waals surface area contributed by atoms with Crippen LogP contribution in [0.15, 0.2) is 56.0 Å². The fraction of sp³-hybridized carbons (Fsp3) is 0.111. The molecule has 4 N–H and O–H groups in total. The molecule has 0 aliphatic heterocycles. The van der Waals surface area contributed by atoms with E-state index >= 15 is 0 Å². The molecule has 34 heavy (non-hydrogen) atoms. The van der Waals surface area contributed by atoms with E-state index in [0.717, 1.165) is 24.3 Å². The summed E-state index contributed by atoms with van der Waals surface area (Å²) in [6.07, 6.45) is 2.89. The molecule has 0 amide bonds. The highest BCUT2D eigenvalue weighted by atomic mass is 32.2. The van der Waals surface area contributed by atoms with Gasteiger partial charge in [-0.25, -0.2) is 0 Å². The van der Waals surface area contributed by atoms with E-state index in [9.17, 15) is 51.9 Å². The second-order valence-electron chi connectivity index (χ2n) is 7.00. The van der Waals surface area contributed by atoms with Gasteiger partial charge in [0.1, 0.15) is 14.7 Å². The van der Waals surface area contributed by atoms with E-state index in [4.69, 9.17) is 0 Å². The predicted molar refractivity (Wildman–Crippen MR) is 120 cm³/mol. The van der Waals surface area contributed by atoms with Gasteiger partial charge < -0.3 is 0 Å². The number of benzene rings is 3. The Bertz CT molecular complexity index is 1820. The third kappa shape index (κ3) is 4.84. The molecule has 0 atom stereocenters. The van der Waals surface area contributed by atoms with Crippen molar-refractivity contribution in [1.82, 2.24) is 0 Å². The van der Waals surface area contributed by atoms with Crippen molar-refractivity contribution in [2.45, 2.75) is 32.9 Å². The zero-order valence-corrected chi connectivity index (χ0v) is 20.2. The maximum absolute atomic E-state index is 12.1. The summed E-state index contributed by atoms with van der Waals surface area (Å²) >= 11 is 0. The van der Waals surface area contributed by atoms with E-state index in [1.54, 1.807) is 6.92 Å². The van der Waals surface area contributed by atoms with Gasteiger partial charge in [-0.1, -0.05) is 31.2 Å². The van der Waals surface area contributed by atoms with Gasteiger partial charge in [-0.2, -0.15) is 33.7 Å². The third-order valence-electron chi connectivity index (χ3n) is 4.79. The second-order valence-corrected chi connectivity index (χ2v) is 12.6. The standard InChI is InChI=1S/C18H16O12S4/c1-2-3-4-12-16(33(25,26)27)9-17(34(28,29)30)13-6-5-11-14(18(12)13)7-10(31(19,20)21)8-15(11)32(22,23)24/h3-9H,2H2,1H3,(H,19,20,21)(H,22,23,24)(H,25,26,27)(H,28,29,30)/b4-3-. The second kappa shape index (κ2) is 8.35. The van der Waals surface area contributed by atoms with Crippen molar-refractivity contribution in [1.29, 1.82) is 0 Å². The highest BCUT2D eigenvalue weighted by molar-refractivity contribution is 7.87. The van der Waals surface area contributed by atoms with Crippen molar-refractivity contribution in [3.63, 3.8) is 0 Å². The highest BCUT2D eigenvalue weighted by Gasteiger charge is 2.28. The van der Waals surface area contributed by atoms with Gasteiger partial charge in [0.25, 0.3) is 40.5 Å². The average molecular weight is 553 g/mol. The van der Waals surface area contributed by atoms with E-state index in [2.05, 4.69) is 0 Å². The highest BCUT2D eigenvalue weighted by Crippen LogP contribution is 2.40. The number of fused-ring (bicyclic) bond motifs is 3. The summed E-state index contributed by atoms with van der Waals surface area (Å²) in [5.41, 5.74) is -0.369. The van der Waals surface area contributed by atoms with Crippen LogP contribution in [0.25, 0.3) is 27.6 Å². The molecular formula is C18H16O12S4. The van der Waals surface area contributed by atoms with Crippen LogP contribution in [-0.4, -0.2) is 51.9 Å². The zero-order valence-electron chi connectivity index (χ0n) is 16.9. The van der Waals surface area contributed by atoms with Crippen molar-refractivity contribution in [2.24, 2.45) is 0 Å². The van der Waals surface area contributed by atoms with Crippen LogP contribution in [0.5, 0.6) is 0 Å². The molecule has 0 saturated carbocycles. The molecule has 16 heteroatoms. The molecule has 0 fully saturated rings. The summed E-state index contributed by atoms with van der Waals surface area (Å²) in [6, 6.07) is 3.66. The maximum atomic E-state index is 12.1. The van der Waals surface area contributed by atoms with E-state index in [1.165, 1.54) is 6.08 Å². The molecule has 3 rings (SSSR count). The topological polar surface area (TPSA) is 217 Å². The lowest BCUT2D eigenvalue weighted by Gasteiger charge is -2.16. The van der Waals surface area contributed by atoms with Gasteiger partial charge in [-0.05, 0) is 35.4 Å². The normalized spacial score (nSPS) is 13.8. The molecule has 0 aromatic heterocycles. The molecule has 3 aromatic carbocycles. The van der Waals surface area contributed by atoms with Crippen molar-refractivity contribution in [3.8, 4) is 0 Å². The summed E-state index contributed by atoms with van der Waals surface area (Å²) in [5.74, 6) is 0. The van der Waals surface area contributed by atoms with Gasteiger partial charge >= 0.3 is 0 Å². The Morgan fingerprint density at radius 2 is 1.15 bits per heavy atom. The third-order valence-corrected chi connectivity index (χ3v) is 8.30. The summed E-state index contributed by atoms with van der Waals surface area (Å²) in [6.45, 7) is 1.66. The van der Waals surface area contributed by atoms with Crippen LogP contribution in [0, 0.1) is 0 Å². The Morgan fingerprint density at radius 1 is 0.647 bits per heavy atom. The Hall–Kier alpha value is -2.44. The minimum absolute atomic E-state index is 0.323. The summed E-state index contributed by atoms with van der Waals surface area (Å²) in [4.78, 5) is -3.99. The van der Waals surface area contributed by atoms with Gasteiger partial charge in [-0.3, -0.25) is 18.2 Å². The molecule has 0 unspecified atom stereocenters. The first-order chi connectivity index (χ1) is 15.4. The SMILES string of the molecule is CC/C=C\c1c(S(=O)(=O)O)cc(S(=O)(=O)O)c2ccc3c(S(=O)(=O)O)cc(S(=O)(=O)O)cc3c12. The molecule has 0 saturated heterocycles. The molecule has 0 spiro atoms. The van der Waals surface area contributed by atoms with E-state index in [-0.39, 0.29) is 16.3 Å². The molecule has 0 aliphatic carbocycles. The summed E-state index contributed by atoms with van der Waals surface area (Å²) < 4.78 is 134. The van der Waals surface area contributed by atoms with Crippen molar-refractivity contribution in [3.05, 3.63) is 42.0 Å². The van der Waals surface area contributed by atoms with Crippen LogP contribution in [0.4, 0.5) is 0 Å². The number of hydrogen-bond donors (Lipinski definition) is 4. The quantitative estimate of drug-likeness (QED) is 0.256.